The van der Waals surface area contributed by atoms with Crippen molar-refractivity contribution in [3.05, 3.63) is 0 Å². The molecule has 3 unspecified atom stereocenters. The van der Waals surface area contributed by atoms with E-state index in [2.05, 4.69) is 15.6 Å². The Balaban J connectivity index is 1.35. The molecule has 0 aromatic rings. The Morgan fingerprint density at radius 3 is 2.64 bits per heavy atom. The Kier molecular flexibility index (Phi) is 4.98. The van der Waals surface area contributed by atoms with E-state index in [0.717, 1.165) is 32.1 Å². The summed E-state index contributed by atoms with van der Waals surface area (Å²) in [6, 6.07) is 0.554. The molecule has 2 N–H and O–H groups in total. The molecule has 4 aliphatic rings. The van der Waals surface area contributed by atoms with Crippen LogP contribution in [-0.2, 0) is 9.47 Å². The fourth-order valence-corrected chi connectivity index (χ4v) is 6.03. The third-order valence-electron chi connectivity index (χ3n) is 7.68. The number of fused-ring (bicyclic) bond motifs is 2. The SMILES string of the molecule is CN=C(NCC1(CCOC)CCCC1)NC1C2CCOC2C12CCC2. The van der Waals surface area contributed by atoms with Gasteiger partial charge in [0, 0.05) is 51.3 Å². The zero-order valence-corrected chi connectivity index (χ0v) is 16.0. The van der Waals surface area contributed by atoms with Crippen LogP contribution in [0.4, 0.5) is 0 Å². The van der Waals surface area contributed by atoms with Crippen LogP contribution in [-0.4, -0.2) is 52.0 Å². The van der Waals surface area contributed by atoms with E-state index in [4.69, 9.17) is 9.47 Å². The van der Waals surface area contributed by atoms with E-state index in [1.165, 1.54) is 51.4 Å². The second-order valence-electron chi connectivity index (χ2n) is 8.83. The molecule has 5 heteroatoms. The van der Waals surface area contributed by atoms with E-state index in [-0.39, 0.29) is 0 Å². The van der Waals surface area contributed by atoms with Gasteiger partial charge in [0.15, 0.2) is 5.96 Å². The summed E-state index contributed by atoms with van der Waals surface area (Å²) < 4.78 is 11.4. The zero-order valence-electron chi connectivity index (χ0n) is 16.0. The summed E-state index contributed by atoms with van der Waals surface area (Å²) >= 11 is 0. The Labute approximate surface area is 152 Å². The number of rotatable bonds is 6. The van der Waals surface area contributed by atoms with Crippen LogP contribution in [0, 0.1) is 16.7 Å². The van der Waals surface area contributed by atoms with Gasteiger partial charge in [0.1, 0.15) is 0 Å². The molecule has 1 saturated heterocycles. The van der Waals surface area contributed by atoms with Crippen LogP contribution < -0.4 is 10.6 Å². The average Bonchev–Trinajstić information content (AvgIpc) is 3.21. The third-order valence-corrected chi connectivity index (χ3v) is 7.68. The summed E-state index contributed by atoms with van der Waals surface area (Å²) in [5, 5.41) is 7.46. The van der Waals surface area contributed by atoms with Crippen LogP contribution in [0.3, 0.4) is 0 Å². The highest BCUT2D eigenvalue weighted by Gasteiger charge is 2.66. The maximum Gasteiger partial charge on any atom is 0.191 e. The second-order valence-corrected chi connectivity index (χ2v) is 8.83. The van der Waals surface area contributed by atoms with E-state index in [0.29, 0.717) is 28.9 Å². The number of nitrogens with one attached hydrogen (secondary N) is 2. The lowest BCUT2D eigenvalue weighted by atomic mass is 9.46. The predicted molar refractivity (Wildman–Crippen MR) is 99.8 cm³/mol. The quantitative estimate of drug-likeness (QED) is 0.572. The maximum atomic E-state index is 6.04. The summed E-state index contributed by atoms with van der Waals surface area (Å²) in [6.45, 7) is 2.82. The predicted octanol–water partition coefficient (Wildman–Crippen LogP) is 2.71. The van der Waals surface area contributed by atoms with Crippen molar-refractivity contribution in [2.24, 2.45) is 21.7 Å². The lowest BCUT2D eigenvalue weighted by Crippen LogP contribution is -2.72. The van der Waals surface area contributed by atoms with Crippen LogP contribution in [0.5, 0.6) is 0 Å². The van der Waals surface area contributed by atoms with Crippen LogP contribution in [0.15, 0.2) is 4.99 Å². The first kappa shape index (κ1) is 17.6. The Morgan fingerprint density at radius 1 is 1.20 bits per heavy atom. The molecule has 4 fully saturated rings. The molecule has 0 amide bonds. The first-order valence-electron chi connectivity index (χ1n) is 10.3. The molecule has 3 aliphatic carbocycles. The Bertz CT molecular complexity index is 497. The van der Waals surface area contributed by atoms with Crippen molar-refractivity contribution in [1.29, 1.82) is 0 Å². The van der Waals surface area contributed by atoms with Crippen molar-refractivity contribution >= 4 is 5.96 Å². The lowest BCUT2D eigenvalue weighted by Gasteiger charge is -2.63. The monoisotopic (exact) mass is 349 g/mol. The molecule has 25 heavy (non-hydrogen) atoms. The number of guanidine groups is 1. The number of hydrogen-bond acceptors (Lipinski definition) is 3. The summed E-state index contributed by atoms with van der Waals surface area (Å²) in [6.07, 6.45) is 12.2. The van der Waals surface area contributed by atoms with Gasteiger partial charge in [-0.1, -0.05) is 19.3 Å². The molecule has 5 nitrogen and oxygen atoms in total. The van der Waals surface area contributed by atoms with Crippen molar-refractivity contribution in [3.8, 4) is 0 Å². The fourth-order valence-electron chi connectivity index (χ4n) is 6.03. The maximum absolute atomic E-state index is 6.04. The minimum Gasteiger partial charge on any atom is -0.385 e. The molecule has 1 spiro atoms. The minimum atomic E-state index is 0.389. The van der Waals surface area contributed by atoms with Gasteiger partial charge in [0.05, 0.1) is 6.10 Å². The molecule has 142 valence electrons. The highest BCUT2D eigenvalue weighted by atomic mass is 16.5. The standard InChI is InChI=1S/C20H35N3O2/c1-21-18(22-14-19(11-13-24-2)7-3-4-8-19)23-16-15-6-12-25-17(15)20(16)9-5-10-20/h15-17H,3-14H2,1-2H3,(H2,21,22,23). The highest BCUT2D eigenvalue weighted by molar-refractivity contribution is 5.80. The molecule has 3 atom stereocenters. The topological polar surface area (TPSA) is 54.9 Å². The molecular formula is C20H35N3O2. The molecule has 0 aromatic heterocycles. The van der Waals surface area contributed by atoms with Gasteiger partial charge in [0.2, 0.25) is 0 Å². The van der Waals surface area contributed by atoms with E-state index in [1.54, 1.807) is 0 Å². The third kappa shape index (κ3) is 2.97. The van der Waals surface area contributed by atoms with Crippen LogP contribution in [0.25, 0.3) is 0 Å². The van der Waals surface area contributed by atoms with Gasteiger partial charge in [-0.05, 0) is 43.9 Å². The summed E-state index contributed by atoms with van der Waals surface area (Å²) in [5.74, 6) is 1.68. The van der Waals surface area contributed by atoms with E-state index in [1.807, 2.05) is 14.2 Å². The van der Waals surface area contributed by atoms with Gasteiger partial charge < -0.3 is 20.1 Å². The second kappa shape index (κ2) is 7.07. The first-order valence-corrected chi connectivity index (χ1v) is 10.3. The number of hydrogen-bond donors (Lipinski definition) is 2. The van der Waals surface area contributed by atoms with Gasteiger partial charge >= 0.3 is 0 Å². The smallest absolute Gasteiger partial charge is 0.191 e. The van der Waals surface area contributed by atoms with Crippen molar-refractivity contribution in [3.63, 3.8) is 0 Å². The molecule has 0 aromatic carbocycles. The van der Waals surface area contributed by atoms with Crippen molar-refractivity contribution in [1.82, 2.24) is 10.6 Å². The Hall–Kier alpha value is -0.810. The van der Waals surface area contributed by atoms with Crippen molar-refractivity contribution in [2.75, 3.05) is 33.9 Å². The first-order chi connectivity index (χ1) is 12.2. The van der Waals surface area contributed by atoms with Gasteiger partial charge in [-0.2, -0.15) is 0 Å². The molecule has 1 aliphatic heterocycles. The van der Waals surface area contributed by atoms with Gasteiger partial charge in [0.25, 0.3) is 0 Å². The minimum absolute atomic E-state index is 0.389. The summed E-state index contributed by atoms with van der Waals surface area (Å²) in [7, 11) is 3.71. The number of ether oxygens (including phenoxy) is 2. The number of aliphatic imine (C=N–C) groups is 1. The van der Waals surface area contributed by atoms with Crippen molar-refractivity contribution in [2.45, 2.75) is 69.9 Å². The largest absolute Gasteiger partial charge is 0.385 e. The van der Waals surface area contributed by atoms with E-state index >= 15 is 0 Å². The summed E-state index contributed by atoms with van der Waals surface area (Å²) in [4.78, 5) is 4.54. The Morgan fingerprint density at radius 2 is 2.00 bits per heavy atom. The van der Waals surface area contributed by atoms with Crippen LogP contribution in [0.1, 0.15) is 57.8 Å². The van der Waals surface area contributed by atoms with E-state index < -0.39 is 0 Å². The normalized spacial score (nSPS) is 35.1. The van der Waals surface area contributed by atoms with E-state index in [9.17, 15) is 0 Å². The average molecular weight is 350 g/mol. The zero-order chi connectivity index (χ0) is 17.3. The molecule has 0 radical (unpaired) electrons. The number of nitrogens with zero attached hydrogens (tertiary/aromatic N) is 1. The van der Waals surface area contributed by atoms with Gasteiger partial charge in [-0.3, -0.25) is 4.99 Å². The summed E-state index contributed by atoms with van der Waals surface area (Å²) in [5.41, 5.74) is 0.792. The number of methoxy groups -OCH3 is 1. The van der Waals surface area contributed by atoms with Gasteiger partial charge in [-0.15, -0.1) is 0 Å². The van der Waals surface area contributed by atoms with Crippen molar-refractivity contribution < 1.29 is 9.47 Å². The van der Waals surface area contributed by atoms with Gasteiger partial charge in [-0.25, -0.2) is 0 Å². The molecular weight excluding hydrogens is 314 g/mol. The lowest BCUT2D eigenvalue weighted by molar-refractivity contribution is -0.171. The molecule has 3 saturated carbocycles. The fraction of sp³-hybridized carbons (Fsp3) is 0.950. The molecule has 1 heterocycles. The highest BCUT2D eigenvalue weighted by Crippen LogP contribution is 2.62. The van der Waals surface area contributed by atoms with Crippen LogP contribution in [0.2, 0.25) is 0 Å². The molecule has 0 bridgehead atoms. The van der Waals surface area contributed by atoms with Crippen LogP contribution >= 0.6 is 0 Å². The molecule has 4 rings (SSSR count).